The van der Waals surface area contributed by atoms with Gasteiger partial charge in [-0.25, -0.2) is 4.98 Å². The second-order valence-corrected chi connectivity index (χ2v) is 7.72. The van der Waals surface area contributed by atoms with Crippen molar-refractivity contribution >= 4 is 17.2 Å². The van der Waals surface area contributed by atoms with Crippen molar-refractivity contribution in [2.24, 2.45) is 5.92 Å². The van der Waals surface area contributed by atoms with Crippen LogP contribution >= 0.6 is 11.3 Å². The van der Waals surface area contributed by atoms with Gasteiger partial charge in [-0.15, -0.1) is 11.3 Å². The molecule has 0 saturated heterocycles. The largest absolute Gasteiger partial charge is 0.497 e. The van der Waals surface area contributed by atoms with Crippen LogP contribution in [0.25, 0.3) is 0 Å². The third kappa shape index (κ3) is 3.95. The molecule has 134 valence electrons. The van der Waals surface area contributed by atoms with Gasteiger partial charge in [0, 0.05) is 24.4 Å². The van der Waals surface area contributed by atoms with Gasteiger partial charge in [-0.3, -0.25) is 4.79 Å². The van der Waals surface area contributed by atoms with Crippen molar-refractivity contribution in [3.8, 4) is 11.5 Å². The number of thiazole rings is 1. The van der Waals surface area contributed by atoms with Gasteiger partial charge in [0.2, 0.25) is 0 Å². The normalized spacial score (nSPS) is 16.3. The Kier molecular flexibility index (Phi) is 5.27. The maximum atomic E-state index is 12.5. The van der Waals surface area contributed by atoms with Gasteiger partial charge in [0.1, 0.15) is 16.4 Å². The van der Waals surface area contributed by atoms with Crippen molar-refractivity contribution < 1.29 is 14.3 Å². The number of aromatic nitrogens is 1. The molecule has 0 spiro atoms. The lowest BCUT2D eigenvalue weighted by molar-refractivity contribution is 0.0942. The molecule has 1 aromatic heterocycles. The van der Waals surface area contributed by atoms with Crippen LogP contribution in [0.1, 0.15) is 45.7 Å². The smallest absolute Gasteiger partial charge is 0.263 e. The third-order valence-corrected chi connectivity index (χ3v) is 5.78. The van der Waals surface area contributed by atoms with E-state index >= 15 is 0 Å². The summed E-state index contributed by atoms with van der Waals surface area (Å²) in [5, 5.41) is 4.05. The van der Waals surface area contributed by atoms with E-state index in [0.717, 1.165) is 34.2 Å². The number of carbonyl (C=O) groups excluding carboxylic acids is 1. The molecular formula is C19H24N2O3S. The summed E-state index contributed by atoms with van der Waals surface area (Å²) >= 11 is 1.49. The zero-order valence-electron chi connectivity index (χ0n) is 15.1. The summed E-state index contributed by atoms with van der Waals surface area (Å²) in [6, 6.07) is 5.89. The fourth-order valence-electron chi connectivity index (χ4n) is 2.87. The van der Waals surface area contributed by atoms with Crippen LogP contribution in [-0.4, -0.2) is 31.2 Å². The fourth-order valence-corrected chi connectivity index (χ4v) is 3.85. The number of ether oxygens (including phenoxy) is 2. The number of nitrogens with one attached hydrogen (secondary N) is 1. The lowest BCUT2D eigenvalue weighted by Crippen LogP contribution is -2.34. The molecule has 1 aliphatic rings. The van der Waals surface area contributed by atoms with Gasteiger partial charge in [-0.2, -0.15) is 0 Å². The summed E-state index contributed by atoms with van der Waals surface area (Å²) in [4.78, 5) is 17.7. The van der Waals surface area contributed by atoms with Crippen LogP contribution < -0.4 is 14.8 Å². The van der Waals surface area contributed by atoms with Crippen LogP contribution in [0.3, 0.4) is 0 Å². The number of methoxy groups -OCH3 is 1. The highest BCUT2D eigenvalue weighted by Gasteiger charge is 2.22. The zero-order valence-corrected chi connectivity index (χ0v) is 15.9. The molecule has 1 amide bonds. The Labute approximate surface area is 152 Å². The number of rotatable bonds is 5. The topological polar surface area (TPSA) is 60.5 Å². The highest BCUT2D eigenvalue weighted by atomic mass is 32.1. The third-order valence-electron chi connectivity index (χ3n) is 4.32. The number of fused-ring (bicyclic) bond motifs is 1. The van der Waals surface area contributed by atoms with E-state index in [-0.39, 0.29) is 11.8 Å². The monoisotopic (exact) mass is 360 g/mol. The molecule has 1 N–H and O–H groups in total. The minimum absolute atomic E-state index is 0.0394. The molecule has 2 heterocycles. The van der Waals surface area contributed by atoms with Gasteiger partial charge >= 0.3 is 0 Å². The number of hydrogen-bond donors (Lipinski definition) is 1. The second kappa shape index (κ2) is 7.44. The Morgan fingerprint density at radius 3 is 2.96 bits per heavy atom. The molecule has 0 fully saturated rings. The summed E-state index contributed by atoms with van der Waals surface area (Å²) in [5.74, 6) is 2.24. The summed E-state index contributed by atoms with van der Waals surface area (Å²) in [5.41, 5.74) is 1.96. The van der Waals surface area contributed by atoms with Crippen LogP contribution in [0.2, 0.25) is 0 Å². The number of aryl methyl sites for hydroxylation is 1. The van der Waals surface area contributed by atoms with E-state index in [2.05, 4.69) is 24.1 Å². The highest BCUT2D eigenvalue weighted by molar-refractivity contribution is 7.13. The quantitative estimate of drug-likeness (QED) is 0.886. The molecule has 0 bridgehead atoms. The van der Waals surface area contributed by atoms with Crippen molar-refractivity contribution in [3.05, 3.63) is 39.3 Å². The van der Waals surface area contributed by atoms with E-state index in [1.54, 1.807) is 7.11 Å². The summed E-state index contributed by atoms with van der Waals surface area (Å²) in [6.45, 7) is 7.26. The van der Waals surface area contributed by atoms with Crippen LogP contribution in [0.4, 0.5) is 0 Å². The Hall–Kier alpha value is -2.08. The Morgan fingerprint density at radius 2 is 2.28 bits per heavy atom. The standard InChI is InChI=1S/C19H24N2O3S/c1-11(2)19-21-12(3)17(25-19)18(22)20-9-13-7-14-5-6-15(23-4)8-16(14)24-10-13/h5-6,8,11,13H,7,9-10H2,1-4H3,(H,20,22)/t13-/m1/s1. The van der Waals surface area contributed by atoms with Crippen molar-refractivity contribution in [2.75, 3.05) is 20.3 Å². The first-order valence-corrected chi connectivity index (χ1v) is 9.34. The van der Waals surface area contributed by atoms with E-state index in [0.29, 0.717) is 23.9 Å². The maximum Gasteiger partial charge on any atom is 0.263 e. The number of benzene rings is 1. The van der Waals surface area contributed by atoms with E-state index in [1.807, 2.05) is 25.1 Å². The van der Waals surface area contributed by atoms with Crippen molar-refractivity contribution in [3.63, 3.8) is 0 Å². The average Bonchev–Trinajstić information content (AvgIpc) is 3.01. The minimum atomic E-state index is -0.0394. The van der Waals surface area contributed by atoms with Gasteiger partial charge in [0.05, 0.1) is 24.4 Å². The van der Waals surface area contributed by atoms with Crippen LogP contribution in [-0.2, 0) is 6.42 Å². The number of nitrogens with zero attached hydrogens (tertiary/aromatic N) is 1. The molecule has 1 aliphatic heterocycles. The number of amides is 1. The first-order valence-electron chi connectivity index (χ1n) is 8.53. The molecule has 0 saturated carbocycles. The average molecular weight is 360 g/mol. The molecule has 0 unspecified atom stereocenters. The van der Waals surface area contributed by atoms with Crippen LogP contribution in [0.5, 0.6) is 11.5 Å². The van der Waals surface area contributed by atoms with E-state index in [9.17, 15) is 4.79 Å². The van der Waals surface area contributed by atoms with Gasteiger partial charge in [-0.1, -0.05) is 19.9 Å². The van der Waals surface area contributed by atoms with E-state index in [4.69, 9.17) is 9.47 Å². The first kappa shape index (κ1) is 17.7. The SMILES string of the molecule is COc1ccc2c(c1)OC[C@@H](CNC(=O)c1sc(C(C)C)nc1C)C2. The zero-order chi connectivity index (χ0) is 18.0. The predicted molar refractivity (Wildman–Crippen MR) is 99.0 cm³/mol. The molecule has 1 aromatic carbocycles. The Balaban J connectivity index is 1.59. The summed E-state index contributed by atoms with van der Waals surface area (Å²) in [7, 11) is 1.65. The molecule has 0 radical (unpaired) electrons. The van der Waals surface area contributed by atoms with Gasteiger partial charge < -0.3 is 14.8 Å². The predicted octanol–water partition coefficient (Wildman–Crippen LogP) is 3.56. The number of carbonyl (C=O) groups is 1. The maximum absolute atomic E-state index is 12.5. The molecule has 1 atom stereocenters. The van der Waals surface area contributed by atoms with Crippen molar-refractivity contribution in [1.82, 2.24) is 10.3 Å². The molecule has 25 heavy (non-hydrogen) atoms. The second-order valence-electron chi connectivity index (χ2n) is 6.69. The lowest BCUT2D eigenvalue weighted by atomic mass is 9.96. The molecule has 6 heteroatoms. The Morgan fingerprint density at radius 1 is 1.48 bits per heavy atom. The molecule has 5 nitrogen and oxygen atoms in total. The van der Waals surface area contributed by atoms with Gasteiger partial charge in [-0.05, 0) is 25.0 Å². The fraction of sp³-hybridized carbons (Fsp3) is 0.474. The molecule has 2 aromatic rings. The van der Waals surface area contributed by atoms with Crippen molar-refractivity contribution in [1.29, 1.82) is 0 Å². The Bertz CT molecular complexity index is 770. The lowest BCUT2D eigenvalue weighted by Gasteiger charge is -2.25. The van der Waals surface area contributed by atoms with Crippen LogP contribution in [0.15, 0.2) is 18.2 Å². The van der Waals surface area contributed by atoms with Crippen molar-refractivity contribution in [2.45, 2.75) is 33.1 Å². The molecule has 3 rings (SSSR count). The molecule has 0 aliphatic carbocycles. The minimum Gasteiger partial charge on any atom is -0.497 e. The van der Waals surface area contributed by atoms with E-state index < -0.39 is 0 Å². The number of hydrogen-bond acceptors (Lipinski definition) is 5. The summed E-state index contributed by atoms with van der Waals surface area (Å²) in [6.07, 6.45) is 0.887. The summed E-state index contributed by atoms with van der Waals surface area (Å²) < 4.78 is 11.1. The van der Waals surface area contributed by atoms with E-state index in [1.165, 1.54) is 11.3 Å². The molecular weight excluding hydrogens is 336 g/mol. The highest BCUT2D eigenvalue weighted by Crippen LogP contribution is 2.31. The first-order chi connectivity index (χ1) is 12.0. The van der Waals surface area contributed by atoms with Gasteiger partial charge in [0.25, 0.3) is 5.91 Å². The van der Waals surface area contributed by atoms with Crippen LogP contribution in [0, 0.1) is 12.8 Å². The van der Waals surface area contributed by atoms with Gasteiger partial charge in [0.15, 0.2) is 0 Å².